The number of ether oxygens (including phenoxy) is 1. The molecule has 0 N–H and O–H groups in total. The van der Waals surface area contributed by atoms with E-state index in [0.29, 0.717) is 12.5 Å². The van der Waals surface area contributed by atoms with E-state index in [1.54, 1.807) is 0 Å². The third-order valence-corrected chi connectivity index (χ3v) is 2.77. The van der Waals surface area contributed by atoms with Crippen LogP contribution in [-0.2, 0) is 9.53 Å². The molecule has 13 heavy (non-hydrogen) atoms. The van der Waals surface area contributed by atoms with Gasteiger partial charge in [0.15, 0.2) is 0 Å². The second-order valence-electron chi connectivity index (χ2n) is 4.70. The molecule has 0 heterocycles. The molecule has 0 aromatic heterocycles. The quantitative estimate of drug-likeness (QED) is 0.633. The SMILES string of the molecule is CCOC(=O)[C@H](C)[C@@H](C)C(C)(C)C. The van der Waals surface area contributed by atoms with E-state index in [4.69, 9.17) is 4.74 Å². The van der Waals surface area contributed by atoms with E-state index >= 15 is 0 Å². The maximum atomic E-state index is 11.4. The molecule has 0 aliphatic heterocycles. The Morgan fingerprint density at radius 1 is 1.31 bits per heavy atom. The van der Waals surface area contributed by atoms with Crippen molar-refractivity contribution >= 4 is 5.97 Å². The fraction of sp³-hybridized carbons (Fsp3) is 0.909. The van der Waals surface area contributed by atoms with Crippen LogP contribution in [0, 0.1) is 17.3 Å². The van der Waals surface area contributed by atoms with Gasteiger partial charge in [0.1, 0.15) is 0 Å². The van der Waals surface area contributed by atoms with Crippen molar-refractivity contribution in [3.8, 4) is 0 Å². The minimum absolute atomic E-state index is 0.0139. The van der Waals surface area contributed by atoms with Crippen molar-refractivity contribution in [2.75, 3.05) is 6.61 Å². The van der Waals surface area contributed by atoms with Gasteiger partial charge >= 0.3 is 5.97 Å². The molecule has 0 aliphatic carbocycles. The highest BCUT2D eigenvalue weighted by Gasteiger charge is 2.30. The molecule has 0 aromatic rings. The molecule has 0 amide bonds. The van der Waals surface area contributed by atoms with E-state index in [-0.39, 0.29) is 17.3 Å². The summed E-state index contributed by atoms with van der Waals surface area (Å²) in [7, 11) is 0. The number of hydrogen-bond acceptors (Lipinski definition) is 2. The van der Waals surface area contributed by atoms with Gasteiger partial charge in [-0.15, -0.1) is 0 Å². The molecule has 0 bridgehead atoms. The van der Waals surface area contributed by atoms with Gasteiger partial charge in [0.05, 0.1) is 12.5 Å². The molecule has 0 saturated carbocycles. The van der Waals surface area contributed by atoms with Crippen molar-refractivity contribution in [1.82, 2.24) is 0 Å². The zero-order valence-electron chi connectivity index (χ0n) is 9.68. The highest BCUT2D eigenvalue weighted by molar-refractivity contribution is 5.72. The van der Waals surface area contributed by atoms with Crippen molar-refractivity contribution in [1.29, 1.82) is 0 Å². The zero-order chi connectivity index (χ0) is 10.6. The Bertz CT molecular complexity index is 167. The fourth-order valence-electron chi connectivity index (χ4n) is 1.23. The first-order valence-electron chi connectivity index (χ1n) is 4.97. The number of esters is 1. The summed E-state index contributed by atoms with van der Waals surface area (Å²) in [5.74, 6) is 0.247. The van der Waals surface area contributed by atoms with Crippen LogP contribution in [0.4, 0.5) is 0 Å². The molecule has 78 valence electrons. The number of carbonyl (C=O) groups is 1. The van der Waals surface area contributed by atoms with Crippen LogP contribution in [0.25, 0.3) is 0 Å². The van der Waals surface area contributed by atoms with Gasteiger partial charge in [-0.05, 0) is 18.3 Å². The first-order chi connectivity index (χ1) is 5.80. The Morgan fingerprint density at radius 3 is 2.08 bits per heavy atom. The lowest BCUT2D eigenvalue weighted by molar-refractivity contribution is -0.150. The first kappa shape index (κ1) is 12.5. The molecule has 2 heteroatoms. The third kappa shape index (κ3) is 3.79. The summed E-state index contributed by atoms with van der Waals surface area (Å²) in [5.41, 5.74) is 0.159. The Labute approximate surface area is 81.7 Å². The van der Waals surface area contributed by atoms with E-state index in [1.165, 1.54) is 0 Å². The molecule has 0 aliphatic rings. The summed E-state index contributed by atoms with van der Waals surface area (Å²) >= 11 is 0. The lowest BCUT2D eigenvalue weighted by Crippen LogP contribution is -2.30. The molecule has 0 spiro atoms. The van der Waals surface area contributed by atoms with Crippen molar-refractivity contribution in [2.45, 2.75) is 41.5 Å². The van der Waals surface area contributed by atoms with E-state index in [9.17, 15) is 4.79 Å². The Balaban J connectivity index is 4.25. The lowest BCUT2D eigenvalue weighted by atomic mass is 9.75. The number of rotatable bonds is 3. The van der Waals surface area contributed by atoms with Crippen molar-refractivity contribution in [2.24, 2.45) is 17.3 Å². The number of hydrogen-bond donors (Lipinski definition) is 0. The molecule has 2 atom stereocenters. The van der Waals surface area contributed by atoms with Crippen LogP contribution in [0.15, 0.2) is 0 Å². The van der Waals surface area contributed by atoms with Gasteiger partial charge in [-0.1, -0.05) is 34.6 Å². The van der Waals surface area contributed by atoms with Crippen LogP contribution >= 0.6 is 0 Å². The summed E-state index contributed by atoms with van der Waals surface area (Å²) in [5, 5.41) is 0. The molecule has 0 rings (SSSR count). The van der Waals surface area contributed by atoms with Gasteiger partial charge in [-0.3, -0.25) is 4.79 Å². The Kier molecular flexibility index (Phi) is 4.45. The second-order valence-corrected chi connectivity index (χ2v) is 4.70. The average molecular weight is 186 g/mol. The predicted molar refractivity (Wildman–Crippen MR) is 54.4 cm³/mol. The van der Waals surface area contributed by atoms with Crippen LogP contribution in [0.5, 0.6) is 0 Å². The van der Waals surface area contributed by atoms with Gasteiger partial charge < -0.3 is 4.74 Å². The summed E-state index contributed by atoms with van der Waals surface area (Å²) < 4.78 is 4.98. The first-order valence-corrected chi connectivity index (χ1v) is 4.97. The van der Waals surface area contributed by atoms with Gasteiger partial charge in [-0.25, -0.2) is 0 Å². The minimum atomic E-state index is -0.0788. The third-order valence-electron chi connectivity index (χ3n) is 2.77. The average Bonchev–Trinajstić information content (AvgIpc) is 2.00. The Hall–Kier alpha value is -0.530. The van der Waals surface area contributed by atoms with Gasteiger partial charge in [0, 0.05) is 0 Å². The van der Waals surface area contributed by atoms with E-state index in [0.717, 1.165) is 0 Å². The van der Waals surface area contributed by atoms with Crippen molar-refractivity contribution < 1.29 is 9.53 Å². The highest BCUT2D eigenvalue weighted by Crippen LogP contribution is 2.31. The molecule has 0 fully saturated rings. The molecular weight excluding hydrogens is 164 g/mol. The largest absolute Gasteiger partial charge is 0.466 e. The maximum absolute atomic E-state index is 11.4. The summed E-state index contributed by atoms with van der Waals surface area (Å²) in [6.07, 6.45) is 0. The molecule has 0 unspecified atom stereocenters. The molecule has 2 nitrogen and oxygen atoms in total. The Morgan fingerprint density at radius 2 is 1.77 bits per heavy atom. The molecule has 0 radical (unpaired) electrons. The van der Waals surface area contributed by atoms with Gasteiger partial charge in [0.2, 0.25) is 0 Å². The van der Waals surface area contributed by atoms with Crippen molar-refractivity contribution in [3.63, 3.8) is 0 Å². The van der Waals surface area contributed by atoms with Gasteiger partial charge in [0.25, 0.3) is 0 Å². The van der Waals surface area contributed by atoms with Crippen molar-refractivity contribution in [3.05, 3.63) is 0 Å². The number of carbonyl (C=O) groups excluding carboxylic acids is 1. The minimum Gasteiger partial charge on any atom is -0.466 e. The summed E-state index contributed by atoms with van der Waals surface area (Å²) in [4.78, 5) is 11.4. The van der Waals surface area contributed by atoms with E-state index in [2.05, 4.69) is 27.7 Å². The smallest absolute Gasteiger partial charge is 0.308 e. The molecule has 0 saturated heterocycles. The van der Waals surface area contributed by atoms with Crippen LogP contribution in [0.3, 0.4) is 0 Å². The second kappa shape index (κ2) is 4.64. The predicted octanol–water partition coefficient (Wildman–Crippen LogP) is 2.87. The van der Waals surface area contributed by atoms with Crippen LogP contribution in [0.2, 0.25) is 0 Å². The normalized spacial score (nSPS) is 16.5. The zero-order valence-corrected chi connectivity index (χ0v) is 9.68. The lowest BCUT2D eigenvalue weighted by Gasteiger charge is -2.31. The molecular formula is C11H22O2. The summed E-state index contributed by atoms with van der Waals surface area (Å²) in [6, 6.07) is 0. The standard InChI is InChI=1S/C11H22O2/c1-7-13-10(12)8(2)9(3)11(4,5)6/h8-9H,7H2,1-6H3/t8-,9-/m1/s1. The van der Waals surface area contributed by atoms with Crippen LogP contribution in [0.1, 0.15) is 41.5 Å². The van der Waals surface area contributed by atoms with Gasteiger partial charge in [-0.2, -0.15) is 0 Å². The van der Waals surface area contributed by atoms with Crippen LogP contribution in [-0.4, -0.2) is 12.6 Å². The van der Waals surface area contributed by atoms with E-state index < -0.39 is 0 Å². The maximum Gasteiger partial charge on any atom is 0.308 e. The van der Waals surface area contributed by atoms with E-state index in [1.807, 2.05) is 13.8 Å². The highest BCUT2D eigenvalue weighted by atomic mass is 16.5. The summed E-state index contributed by atoms with van der Waals surface area (Å²) in [6.45, 7) is 12.8. The van der Waals surface area contributed by atoms with Crippen LogP contribution < -0.4 is 0 Å². The monoisotopic (exact) mass is 186 g/mol. The topological polar surface area (TPSA) is 26.3 Å². The fourth-order valence-corrected chi connectivity index (χ4v) is 1.23. The molecule has 0 aromatic carbocycles.